The van der Waals surface area contributed by atoms with E-state index in [1.807, 2.05) is 6.07 Å². The van der Waals surface area contributed by atoms with Crippen LogP contribution in [0.25, 0.3) is 6.08 Å². The first kappa shape index (κ1) is 25.9. The number of non-ortho nitro benzene ring substituents is 1. The fourth-order valence-corrected chi connectivity index (χ4v) is 3.23. The van der Waals surface area contributed by atoms with Gasteiger partial charge in [-0.2, -0.15) is 5.26 Å². The topological polar surface area (TPSA) is 132 Å². The predicted molar refractivity (Wildman–Crippen MR) is 133 cm³/mol. The maximum atomic E-state index is 12.7. The first-order valence-corrected chi connectivity index (χ1v) is 11.0. The molecule has 0 spiro atoms. The molecule has 182 valence electrons. The van der Waals surface area contributed by atoms with Crippen LogP contribution in [0.3, 0.4) is 0 Å². The smallest absolute Gasteiger partial charge is 0.338 e. The number of ether oxygens (including phenoxy) is 2. The molecule has 0 saturated heterocycles. The second-order valence-electron chi connectivity index (χ2n) is 7.32. The van der Waals surface area contributed by atoms with Crippen molar-refractivity contribution >= 4 is 40.9 Å². The number of esters is 1. The molecule has 0 saturated carbocycles. The zero-order valence-corrected chi connectivity index (χ0v) is 19.8. The molecular formula is C26H20ClN3O6. The number of amides is 1. The first-order valence-electron chi connectivity index (χ1n) is 10.7. The van der Waals surface area contributed by atoms with E-state index in [9.17, 15) is 25.0 Å². The Kier molecular flexibility index (Phi) is 8.75. The Labute approximate surface area is 211 Å². The summed E-state index contributed by atoms with van der Waals surface area (Å²) >= 11 is 6.11. The van der Waals surface area contributed by atoms with E-state index >= 15 is 0 Å². The molecule has 0 aliphatic rings. The average Bonchev–Trinajstić information content (AvgIpc) is 2.87. The molecule has 0 fully saturated rings. The van der Waals surface area contributed by atoms with Crippen molar-refractivity contribution in [2.45, 2.75) is 13.5 Å². The molecule has 0 aromatic heterocycles. The van der Waals surface area contributed by atoms with E-state index in [0.717, 1.165) is 0 Å². The summed E-state index contributed by atoms with van der Waals surface area (Å²) in [7, 11) is 0. The largest absolute Gasteiger partial charge is 0.488 e. The highest BCUT2D eigenvalue weighted by atomic mass is 35.5. The Morgan fingerprint density at radius 2 is 1.81 bits per heavy atom. The summed E-state index contributed by atoms with van der Waals surface area (Å²) in [6.07, 6.45) is 1.35. The maximum Gasteiger partial charge on any atom is 0.338 e. The van der Waals surface area contributed by atoms with Crippen molar-refractivity contribution < 1.29 is 24.0 Å². The third kappa shape index (κ3) is 6.91. The summed E-state index contributed by atoms with van der Waals surface area (Å²) in [6.45, 7) is 2.05. The standard InChI is InChI=1S/C26H20ClN3O6/c1-2-35-26(32)18-5-8-22(9-6-18)29-25(31)20(15-28)13-19-14-21(27)7-12-24(19)36-16-17-3-10-23(11-4-17)30(33)34/h3-14H,2,16H2,1H3,(H,29,31)/b20-13+. The minimum Gasteiger partial charge on any atom is -0.488 e. The molecule has 0 unspecified atom stereocenters. The van der Waals surface area contributed by atoms with Crippen LogP contribution in [-0.2, 0) is 16.1 Å². The van der Waals surface area contributed by atoms with Gasteiger partial charge in [-0.3, -0.25) is 14.9 Å². The van der Waals surface area contributed by atoms with Crippen molar-refractivity contribution in [3.8, 4) is 11.8 Å². The van der Waals surface area contributed by atoms with Crippen molar-refractivity contribution in [3.05, 3.63) is 104 Å². The molecule has 1 amide bonds. The van der Waals surface area contributed by atoms with Gasteiger partial charge in [0.1, 0.15) is 24.0 Å². The van der Waals surface area contributed by atoms with Crippen LogP contribution < -0.4 is 10.1 Å². The molecule has 3 aromatic carbocycles. The molecule has 0 aliphatic heterocycles. The molecular weight excluding hydrogens is 486 g/mol. The number of carbonyl (C=O) groups excluding carboxylic acids is 2. The lowest BCUT2D eigenvalue weighted by Gasteiger charge is -2.11. The highest BCUT2D eigenvalue weighted by Gasteiger charge is 2.13. The van der Waals surface area contributed by atoms with Crippen LogP contribution in [0.1, 0.15) is 28.4 Å². The van der Waals surface area contributed by atoms with E-state index in [-0.39, 0.29) is 24.5 Å². The number of hydrogen-bond donors (Lipinski definition) is 1. The molecule has 3 aromatic rings. The number of nitro groups is 1. The third-order valence-electron chi connectivity index (χ3n) is 4.83. The Bertz CT molecular complexity index is 1350. The molecule has 9 nitrogen and oxygen atoms in total. The Hall–Kier alpha value is -4.68. The normalized spacial score (nSPS) is 10.8. The van der Waals surface area contributed by atoms with Crippen molar-refractivity contribution in [1.29, 1.82) is 5.26 Å². The minimum atomic E-state index is -0.664. The number of nitrogens with one attached hydrogen (secondary N) is 1. The first-order chi connectivity index (χ1) is 17.3. The van der Waals surface area contributed by atoms with Gasteiger partial charge in [-0.15, -0.1) is 0 Å². The van der Waals surface area contributed by atoms with Gasteiger partial charge in [0.2, 0.25) is 0 Å². The molecule has 0 aliphatic carbocycles. The average molecular weight is 506 g/mol. The van der Waals surface area contributed by atoms with Crippen LogP contribution in [0.15, 0.2) is 72.3 Å². The minimum absolute atomic E-state index is 0.0333. The van der Waals surface area contributed by atoms with Crippen LogP contribution in [0.5, 0.6) is 5.75 Å². The second-order valence-corrected chi connectivity index (χ2v) is 7.75. The van der Waals surface area contributed by atoms with Crippen LogP contribution in [0, 0.1) is 21.4 Å². The number of nitro benzene ring substituents is 1. The van der Waals surface area contributed by atoms with E-state index in [1.165, 1.54) is 42.5 Å². The Morgan fingerprint density at radius 1 is 1.11 bits per heavy atom. The predicted octanol–water partition coefficient (Wildman–Crippen LogP) is 5.55. The molecule has 0 atom stereocenters. The fraction of sp³-hybridized carbons (Fsp3) is 0.115. The van der Waals surface area contributed by atoms with Gasteiger partial charge < -0.3 is 14.8 Å². The highest BCUT2D eigenvalue weighted by molar-refractivity contribution is 6.30. The number of nitrogens with zero attached hydrogens (tertiary/aromatic N) is 2. The molecule has 1 N–H and O–H groups in total. The van der Waals surface area contributed by atoms with Crippen LogP contribution in [-0.4, -0.2) is 23.4 Å². The lowest BCUT2D eigenvalue weighted by atomic mass is 10.1. The highest BCUT2D eigenvalue weighted by Crippen LogP contribution is 2.27. The SMILES string of the molecule is CCOC(=O)c1ccc(NC(=O)/C(C#N)=C/c2cc(Cl)ccc2OCc2ccc([N+](=O)[O-])cc2)cc1. The van der Waals surface area contributed by atoms with Crippen LogP contribution >= 0.6 is 11.6 Å². The molecule has 0 bridgehead atoms. The lowest BCUT2D eigenvalue weighted by Crippen LogP contribution is -2.14. The van der Waals surface area contributed by atoms with E-state index in [0.29, 0.717) is 33.1 Å². The number of anilines is 1. The number of halogens is 1. The van der Waals surface area contributed by atoms with Crippen LogP contribution in [0.4, 0.5) is 11.4 Å². The number of carbonyl (C=O) groups is 2. The number of rotatable bonds is 9. The molecule has 3 rings (SSSR count). The molecule has 0 radical (unpaired) electrons. The summed E-state index contributed by atoms with van der Waals surface area (Å²) in [5.74, 6) is -0.782. The van der Waals surface area contributed by atoms with E-state index in [2.05, 4.69) is 5.32 Å². The van der Waals surface area contributed by atoms with Gasteiger partial charge in [0.05, 0.1) is 17.1 Å². The van der Waals surface area contributed by atoms with Crippen molar-refractivity contribution in [3.63, 3.8) is 0 Å². The lowest BCUT2D eigenvalue weighted by molar-refractivity contribution is -0.384. The van der Waals surface area contributed by atoms with E-state index in [1.54, 1.807) is 37.3 Å². The summed E-state index contributed by atoms with van der Waals surface area (Å²) in [4.78, 5) is 34.8. The second kappa shape index (κ2) is 12.1. The zero-order chi connectivity index (χ0) is 26.1. The van der Waals surface area contributed by atoms with Gasteiger partial charge >= 0.3 is 5.97 Å². The Morgan fingerprint density at radius 3 is 2.42 bits per heavy atom. The summed E-state index contributed by atoms with van der Waals surface area (Å²) in [5.41, 5.74) is 1.57. The van der Waals surface area contributed by atoms with Crippen molar-refractivity contribution in [2.75, 3.05) is 11.9 Å². The van der Waals surface area contributed by atoms with Gasteiger partial charge in [-0.05, 0) is 73.2 Å². The molecule has 10 heteroatoms. The maximum absolute atomic E-state index is 12.7. The van der Waals surface area contributed by atoms with Crippen molar-refractivity contribution in [2.24, 2.45) is 0 Å². The molecule has 0 heterocycles. The third-order valence-corrected chi connectivity index (χ3v) is 5.07. The number of nitriles is 1. The number of hydrogen-bond acceptors (Lipinski definition) is 7. The van der Waals surface area contributed by atoms with Crippen molar-refractivity contribution in [1.82, 2.24) is 0 Å². The quantitative estimate of drug-likeness (QED) is 0.132. The van der Waals surface area contributed by atoms with E-state index < -0.39 is 16.8 Å². The van der Waals surface area contributed by atoms with Gasteiger partial charge in [0, 0.05) is 28.4 Å². The Balaban J connectivity index is 1.76. The van der Waals surface area contributed by atoms with Gasteiger partial charge in [0.15, 0.2) is 0 Å². The zero-order valence-electron chi connectivity index (χ0n) is 19.1. The van der Waals surface area contributed by atoms with Gasteiger partial charge in [0.25, 0.3) is 11.6 Å². The monoisotopic (exact) mass is 505 g/mol. The van der Waals surface area contributed by atoms with Gasteiger partial charge in [-0.1, -0.05) is 11.6 Å². The number of benzene rings is 3. The van der Waals surface area contributed by atoms with E-state index in [4.69, 9.17) is 21.1 Å². The van der Waals surface area contributed by atoms with Crippen LogP contribution in [0.2, 0.25) is 5.02 Å². The fourth-order valence-electron chi connectivity index (χ4n) is 3.05. The summed E-state index contributed by atoms with van der Waals surface area (Å²) in [5, 5.41) is 23.4. The summed E-state index contributed by atoms with van der Waals surface area (Å²) in [6, 6.07) is 18.6. The molecule has 36 heavy (non-hydrogen) atoms. The summed E-state index contributed by atoms with van der Waals surface area (Å²) < 4.78 is 10.7. The van der Waals surface area contributed by atoms with Gasteiger partial charge in [-0.25, -0.2) is 4.79 Å².